The fraction of sp³-hybridized carbons (Fsp3) is 0.300. The molecule has 0 heterocycles. The summed E-state index contributed by atoms with van der Waals surface area (Å²) < 4.78 is 49.6. The highest BCUT2D eigenvalue weighted by Crippen LogP contribution is 2.26. The van der Waals surface area contributed by atoms with Gasteiger partial charge < -0.3 is 5.73 Å². The molecule has 0 aromatic heterocycles. The minimum absolute atomic E-state index is 0.173. The molecule has 0 bridgehead atoms. The molecule has 1 unspecified atom stereocenters. The van der Waals surface area contributed by atoms with Gasteiger partial charge in [-0.25, -0.2) is 4.39 Å². The Hall–Kier alpha value is -1.34. The Balaban J connectivity index is 3.02. The highest BCUT2D eigenvalue weighted by Gasteiger charge is 2.31. The topological polar surface area (TPSA) is 55.1 Å². The molecular weight excluding hydrogens is 276 g/mol. The van der Waals surface area contributed by atoms with Crippen molar-refractivity contribution in [1.29, 1.82) is 0 Å². The minimum atomic E-state index is -4.55. The monoisotopic (exact) mass is 284 g/mol. The van der Waals surface area contributed by atoms with Gasteiger partial charge in [0.15, 0.2) is 0 Å². The molecule has 100 valence electrons. The van der Waals surface area contributed by atoms with E-state index >= 15 is 0 Å². The minimum Gasteiger partial charge on any atom is -0.368 e. The van der Waals surface area contributed by atoms with Crippen LogP contribution in [-0.4, -0.2) is 18.6 Å². The zero-order chi connectivity index (χ0) is 13.9. The summed E-state index contributed by atoms with van der Waals surface area (Å²) in [4.78, 5) is 11.1. The van der Waals surface area contributed by atoms with Crippen molar-refractivity contribution < 1.29 is 22.4 Å². The van der Waals surface area contributed by atoms with Crippen LogP contribution in [-0.2, 0) is 4.79 Å². The molecule has 0 saturated heterocycles. The van der Waals surface area contributed by atoms with E-state index < -0.39 is 36.1 Å². The first-order valence-corrected chi connectivity index (χ1v) is 5.13. The molecule has 1 rings (SSSR count). The standard InChI is InChI=1S/C10H9ClF4N2O/c11-5-2-1-3-6(12)7(5)8(9(16)18)17-4-10(13,14)15/h1-3,8,17H,4H2,(H2,16,18). The smallest absolute Gasteiger partial charge is 0.368 e. The number of benzene rings is 1. The summed E-state index contributed by atoms with van der Waals surface area (Å²) in [6, 6.07) is 1.86. The average molecular weight is 285 g/mol. The quantitative estimate of drug-likeness (QED) is 0.833. The largest absolute Gasteiger partial charge is 0.401 e. The number of hydrogen-bond donors (Lipinski definition) is 2. The fourth-order valence-corrected chi connectivity index (χ4v) is 1.62. The molecule has 0 aliphatic carbocycles. The third-order valence-electron chi connectivity index (χ3n) is 2.08. The third kappa shape index (κ3) is 3.85. The van der Waals surface area contributed by atoms with Gasteiger partial charge in [-0.3, -0.25) is 10.1 Å². The predicted molar refractivity (Wildman–Crippen MR) is 57.4 cm³/mol. The van der Waals surface area contributed by atoms with Gasteiger partial charge in [0.25, 0.3) is 0 Å². The Kier molecular flexibility index (Phi) is 4.53. The van der Waals surface area contributed by atoms with Crippen molar-refractivity contribution >= 4 is 17.5 Å². The highest BCUT2D eigenvalue weighted by atomic mass is 35.5. The van der Waals surface area contributed by atoms with E-state index in [0.29, 0.717) is 0 Å². The third-order valence-corrected chi connectivity index (χ3v) is 2.41. The van der Waals surface area contributed by atoms with Crippen LogP contribution in [0.3, 0.4) is 0 Å². The molecule has 1 aromatic rings. The Bertz CT molecular complexity index is 430. The summed E-state index contributed by atoms with van der Waals surface area (Å²) in [6.07, 6.45) is -4.55. The Morgan fingerprint density at radius 2 is 2.06 bits per heavy atom. The molecule has 0 saturated carbocycles. The first kappa shape index (κ1) is 14.7. The van der Waals surface area contributed by atoms with Gasteiger partial charge >= 0.3 is 6.18 Å². The van der Waals surface area contributed by atoms with E-state index in [1.165, 1.54) is 12.1 Å². The van der Waals surface area contributed by atoms with Crippen molar-refractivity contribution in [1.82, 2.24) is 5.32 Å². The lowest BCUT2D eigenvalue weighted by Gasteiger charge is -2.18. The first-order valence-electron chi connectivity index (χ1n) is 4.75. The lowest BCUT2D eigenvalue weighted by molar-refractivity contribution is -0.131. The number of rotatable bonds is 4. The molecule has 3 N–H and O–H groups in total. The number of carbonyl (C=O) groups excluding carboxylic acids is 1. The number of amides is 1. The van der Waals surface area contributed by atoms with Crippen LogP contribution in [0.15, 0.2) is 18.2 Å². The van der Waals surface area contributed by atoms with Crippen LogP contribution in [0.5, 0.6) is 0 Å². The normalized spacial score (nSPS) is 13.4. The lowest BCUT2D eigenvalue weighted by Crippen LogP contribution is -2.39. The summed E-state index contributed by atoms with van der Waals surface area (Å²) >= 11 is 5.65. The van der Waals surface area contributed by atoms with Crippen LogP contribution in [0, 0.1) is 5.82 Å². The van der Waals surface area contributed by atoms with Gasteiger partial charge in [0, 0.05) is 10.6 Å². The van der Waals surface area contributed by atoms with Crippen molar-refractivity contribution in [2.75, 3.05) is 6.54 Å². The summed E-state index contributed by atoms with van der Waals surface area (Å²) in [6.45, 7) is -1.48. The number of alkyl halides is 3. The predicted octanol–water partition coefficient (Wildman–Crippen LogP) is 2.16. The van der Waals surface area contributed by atoms with E-state index in [1.807, 2.05) is 5.32 Å². The van der Waals surface area contributed by atoms with Gasteiger partial charge in [-0.2, -0.15) is 13.2 Å². The lowest BCUT2D eigenvalue weighted by atomic mass is 10.1. The van der Waals surface area contributed by atoms with Crippen molar-refractivity contribution in [2.45, 2.75) is 12.2 Å². The van der Waals surface area contributed by atoms with Gasteiger partial charge in [-0.15, -0.1) is 0 Å². The van der Waals surface area contributed by atoms with Gasteiger partial charge in [0.2, 0.25) is 5.91 Å². The summed E-state index contributed by atoms with van der Waals surface area (Å²) in [5.41, 5.74) is 4.55. The number of nitrogens with two attached hydrogens (primary N) is 1. The molecule has 3 nitrogen and oxygen atoms in total. The molecule has 0 aliphatic heterocycles. The van der Waals surface area contributed by atoms with E-state index in [9.17, 15) is 22.4 Å². The second-order valence-electron chi connectivity index (χ2n) is 3.47. The highest BCUT2D eigenvalue weighted by molar-refractivity contribution is 6.31. The van der Waals surface area contributed by atoms with Crippen molar-refractivity contribution in [3.05, 3.63) is 34.6 Å². The molecule has 1 amide bonds. The summed E-state index contributed by atoms with van der Waals surface area (Å²) in [7, 11) is 0. The molecule has 0 aliphatic rings. The molecule has 1 aromatic carbocycles. The Labute approximate surface area is 105 Å². The maximum Gasteiger partial charge on any atom is 0.401 e. The van der Waals surface area contributed by atoms with Crippen LogP contribution in [0.2, 0.25) is 5.02 Å². The molecule has 0 spiro atoms. The van der Waals surface area contributed by atoms with Crippen LogP contribution in [0.25, 0.3) is 0 Å². The van der Waals surface area contributed by atoms with E-state index in [-0.39, 0.29) is 5.02 Å². The number of nitrogens with one attached hydrogen (secondary N) is 1. The van der Waals surface area contributed by atoms with Crippen LogP contribution >= 0.6 is 11.6 Å². The van der Waals surface area contributed by atoms with Crippen molar-refractivity contribution in [3.63, 3.8) is 0 Å². The maximum absolute atomic E-state index is 13.5. The van der Waals surface area contributed by atoms with Crippen molar-refractivity contribution in [3.8, 4) is 0 Å². The summed E-state index contributed by atoms with van der Waals surface area (Å²) in [5.74, 6) is -2.05. The van der Waals surface area contributed by atoms with Gasteiger partial charge in [-0.05, 0) is 12.1 Å². The maximum atomic E-state index is 13.5. The first-order chi connectivity index (χ1) is 8.22. The number of primary amides is 1. The summed E-state index contributed by atoms with van der Waals surface area (Å²) in [5, 5.41) is 1.66. The zero-order valence-corrected chi connectivity index (χ0v) is 9.65. The van der Waals surface area contributed by atoms with Gasteiger partial charge in [0.1, 0.15) is 11.9 Å². The Morgan fingerprint density at radius 3 is 2.50 bits per heavy atom. The van der Waals surface area contributed by atoms with Crippen LogP contribution in [0.1, 0.15) is 11.6 Å². The molecule has 8 heteroatoms. The van der Waals surface area contributed by atoms with E-state index in [0.717, 1.165) is 6.07 Å². The average Bonchev–Trinajstić information content (AvgIpc) is 2.20. The second-order valence-corrected chi connectivity index (χ2v) is 3.87. The molecule has 0 radical (unpaired) electrons. The molecule has 0 fully saturated rings. The van der Waals surface area contributed by atoms with Crippen molar-refractivity contribution in [2.24, 2.45) is 5.73 Å². The zero-order valence-electron chi connectivity index (χ0n) is 8.89. The fourth-order valence-electron chi connectivity index (χ4n) is 1.35. The number of halogens is 5. The molecular formula is C10H9ClF4N2O. The number of hydrogen-bond acceptors (Lipinski definition) is 2. The van der Waals surface area contributed by atoms with Crippen LogP contribution < -0.4 is 11.1 Å². The number of carbonyl (C=O) groups is 1. The van der Waals surface area contributed by atoms with E-state index in [2.05, 4.69) is 0 Å². The van der Waals surface area contributed by atoms with Gasteiger partial charge in [-0.1, -0.05) is 17.7 Å². The second kappa shape index (κ2) is 5.53. The Morgan fingerprint density at radius 1 is 1.44 bits per heavy atom. The SMILES string of the molecule is NC(=O)C(NCC(F)(F)F)c1c(F)cccc1Cl. The van der Waals surface area contributed by atoms with Crippen LogP contribution in [0.4, 0.5) is 17.6 Å². The van der Waals surface area contributed by atoms with Gasteiger partial charge in [0.05, 0.1) is 6.54 Å². The van der Waals surface area contributed by atoms with E-state index in [1.54, 1.807) is 0 Å². The molecule has 1 atom stereocenters. The van der Waals surface area contributed by atoms with E-state index in [4.69, 9.17) is 17.3 Å². The molecule has 18 heavy (non-hydrogen) atoms.